The molecule has 0 aliphatic carbocycles. The molecule has 0 radical (unpaired) electrons. The van der Waals surface area contributed by atoms with E-state index in [0.717, 1.165) is 44.4 Å². The standard InChI is InChI=1S/C40H33ClFN9O4/c41-33-12-13-34(50(44)24-46-43)32(37(33)42)11-14-36(52)49-20-17-30-29(26-15-18-45-19-16-26)7-4-8-31(30)38(49)39(53)48-28-10-9-27-22-47-51(35(27)21-28)40(54)55-23-25-5-2-1-3-6-25/h1-16,18-19,21-22,24,38H,17,20,23,43-44H2,(H,48,53)/b14-11+,46-24-. The monoisotopic (exact) mass is 757 g/mol. The molecule has 1 atom stereocenters. The second-order valence-electron chi connectivity index (χ2n) is 12.5. The molecule has 1 aliphatic rings. The van der Waals surface area contributed by atoms with Crippen molar-refractivity contribution in [1.29, 1.82) is 0 Å². The van der Waals surface area contributed by atoms with E-state index in [4.69, 9.17) is 28.0 Å². The van der Waals surface area contributed by atoms with Crippen LogP contribution in [0.1, 0.15) is 28.3 Å². The molecule has 3 heterocycles. The van der Waals surface area contributed by atoms with Gasteiger partial charge in [-0.15, -0.1) is 0 Å². The van der Waals surface area contributed by atoms with Crippen molar-refractivity contribution in [1.82, 2.24) is 19.7 Å². The van der Waals surface area contributed by atoms with E-state index in [1.807, 2.05) is 60.7 Å². The first-order chi connectivity index (χ1) is 26.7. The number of fused-ring (bicyclic) bond motifs is 2. The Kier molecular flexibility index (Phi) is 10.6. The van der Waals surface area contributed by atoms with Crippen LogP contribution >= 0.6 is 11.6 Å². The highest BCUT2D eigenvalue weighted by Crippen LogP contribution is 2.37. The fraction of sp³-hybridized carbons (Fsp3) is 0.100. The summed E-state index contributed by atoms with van der Waals surface area (Å²) in [6, 6.07) is 25.3. The largest absolute Gasteiger partial charge is 0.443 e. The minimum atomic E-state index is -1.11. The van der Waals surface area contributed by atoms with Gasteiger partial charge in [-0.3, -0.25) is 19.6 Å². The number of hydrogen-bond donors (Lipinski definition) is 3. The third kappa shape index (κ3) is 7.62. The van der Waals surface area contributed by atoms with Crippen LogP contribution in [0.15, 0.2) is 121 Å². The minimum Gasteiger partial charge on any atom is -0.443 e. The van der Waals surface area contributed by atoms with Gasteiger partial charge in [-0.05, 0) is 82.8 Å². The van der Waals surface area contributed by atoms with Crippen molar-refractivity contribution in [2.45, 2.75) is 19.1 Å². The zero-order valence-electron chi connectivity index (χ0n) is 29.0. The first kappa shape index (κ1) is 36.5. The third-order valence-corrected chi connectivity index (χ3v) is 9.42. The van der Waals surface area contributed by atoms with Crippen molar-refractivity contribution in [2.24, 2.45) is 16.8 Å². The molecule has 276 valence electrons. The number of nitrogens with two attached hydrogens (primary N) is 2. The fourth-order valence-corrected chi connectivity index (χ4v) is 6.71. The average molecular weight is 758 g/mol. The summed E-state index contributed by atoms with van der Waals surface area (Å²) in [4.78, 5) is 47.1. The number of pyridine rings is 1. The lowest BCUT2D eigenvalue weighted by atomic mass is 9.86. The van der Waals surface area contributed by atoms with Gasteiger partial charge in [-0.1, -0.05) is 60.1 Å². The second kappa shape index (κ2) is 16.0. The summed E-state index contributed by atoms with van der Waals surface area (Å²) in [5, 5.41) is 12.0. The van der Waals surface area contributed by atoms with Crippen LogP contribution in [-0.2, 0) is 27.4 Å². The van der Waals surface area contributed by atoms with Crippen LogP contribution in [0.3, 0.4) is 0 Å². The number of aromatic nitrogens is 3. The predicted molar refractivity (Wildman–Crippen MR) is 208 cm³/mol. The van der Waals surface area contributed by atoms with E-state index >= 15 is 4.39 Å². The number of benzene rings is 4. The molecule has 0 saturated heterocycles. The highest BCUT2D eigenvalue weighted by atomic mass is 35.5. The maximum absolute atomic E-state index is 15.3. The van der Waals surface area contributed by atoms with Crippen LogP contribution in [0, 0.1) is 5.82 Å². The van der Waals surface area contributed by atoms with Crippen LogP contribution in [0.2, 0.25) is 5.02 Å². The Bertz CT molecular complexity index is 2460. The van der Waals surface area contributed by atoms with Crippen molar-refractivity contribution < 1.29 is 23.5 Å². The molecule has 1 unspecified atom stereocenters. The number of hydrogen-bond acceptors (Lipinski definition) is 9. The Hall–Kier alpha value is -6.90. The quantitative estimate of drug-likeness (QED) is 0.0493. The van der Waals surface area contributed by atoms with Crippen LogP contribution < -0.4 is 22.0 Å². The molecule has 0 saturated carbocycles. The summed E-state index contributed by atoms with van der Waals surface area (Å²) in [6.07, 6.45) is 8.11. The Labute approximate surface area is 319 Å². The van der Waals surface area contributed by atoms with E-state index in [9.17, 15) is 14.4 Å². The van der Waals surface area contributed by atoms with E-state index < -0.39 is 29.8 Å². The Morgan fingerprint density at radius 3 is 2.62 bits per heavy atom. The molecule has 13 nitrogen and oxygen atoms in total. The number of hydrazine groups is 1. The zero-order valence-corrected chi connectivity index (χ0v) is 29.8. The third-order valence-electron chi connectivity index (χ3n) is 9.13. The normalized spacial score (nSPS) is 13.9. The molecule has 0 bridgehead atoms. The van der Waals surface area contributed by atoms with Crippen LogP contribution in [-0.4, -0.2) is 50.5 Å². The van der Waals surface area contributed by atoms with Crippen molar-refractivity contribution >= 4 is 64.2 Å². The number of amides is 2. The molecule has 4 aromatic carbocycles. The van der Waals surface area contributed by atoms with E-state index in [-0.39, 0.29) is 29.4 Å². The van der Waals surface area contributed by atoms with Crippen LogP contribution in [0.5, 0.6) is 0 Å². The van der Waals surface area contributed by atoms with Gasteiger partial charge < -0.3 is 20.8 Å². The van der Waals surface area contributed by atoms with Gasteiger partial charge in [-0.25, -0.2) is 15.0 Å². The highest BCUT2D eigenvalue weighted by molar-refractivity contribution is 6.31. The van der Waals surface area contributed by atoms with Gasteiger partial charge >= 0.3 is 6.09 Å². The number of ether oxygens (including phenoxy) is 1. The van der Waals surface area contributed by atoms with Gasteiger partial charge in [0.2, 0.25) is 5.91 Å². The molecule has 2 aromatic heterocycles. The molecular weight excluding hydrogens is 725 g/mol. The SMILES string of the molecule is N/N=C\N(N)c1ccc(Cl)c(F)c1/C=C/C(=O)N1CCc2c(-c3ccncc3)cccc2C1C(=O)Nc1ccc2cnn(C(=O)OCc3ccccc3)c2c1. The Morgan fingerprint density at radius 1 is 1.04 bits per heavy atom. The molecule has 55 heavy (non-hydrogen) atoms. The van der Waals surface area contributed by atoms with Gasteiger partial charge in [0.25, 0.3) is 5.91 Å². The molecule has 15 heteroatoms. The van der Waals surface area contributed by atoms with Crippen molar-refractivity contribution in [2.75, 3.05) is 16.9 Å². The van der Waals surface area contributed by atoms with E-state index in [1.54, 1.807) is 30.6 Å². The molecule has 7 rings (SSSR count). The minimum absolute atomic E-state index is 0.0516. The number of nitrogens with one attached hydrogen (secondary N) is 1. The topological polar surface area (TPSA) is 174 Å². The summed E-state index contributed by atoms with van der Waals surface area (Å²) < 4.78 is 21.9. The van der Waals surface area contributed by atoms with E-state index in [2.05, 4.69) is 20.5 Å². The Morgan fingerprint density at radius 2 is 1.84 bits per heavy atom. The maximum Gasteiger partial charge on any atom is 0.435 e. The van der Waals surface area contributed by atoms with Gasteiger partial charge in [-0.2, -0.15) is 14.9 Å². The van der Waals surface area contributed by atoms with E-state index in [1.165, 1.54) is 29.3 Å². The highest BCUT2D eigenvalue weighted by Gasteiger charge is 2.36. The first-order valence-electron chi connectivity index (χ1n) is 17.0. The lowest BCUT2D eigenvalue weighted by molar-refractivity contribution is -0.135. The van der Waals surface area contributed by atoms with Gasteiger partial charge in [0, 0.05) is 41.7 Å². The number of anilines is 2. The Balaban J connectivity index is 1.22. The van der Waals surface area contributed by atoms with Gasteiger partial charge in [0.1, 0.15) is 19.0 Å². The van der Waals surface area contributed by atoms with Crippen LogP contribution in [0.4, 0.5) is 20.6 Å². The lowest BCUT2D eigenvalue weighted by Crippen LogP contribution is -2.45. The second-order valence-corrected chi connectivity index (χ2v) is 12.9. The first-order valence-corrected chi connectivity index (χ1v) is 17.4. The number of nitrogens with zero attached hydrogens (tertiary/aromatic N) is 6. The van der Waals surface area contributed by atoms with E-state index in [0.29, 0.717) is 28.6 Å². The zero-order chi connectivity index (χ0) is 38.5. The maximum atomic E-state index is 15.3. The molecule has 6 aromatic rings. The summed E-state index contributed by atoms with van der Waals surface area (Å²) in [6.45, 7) is 0.208. The number of carbonyl (C=O) groups excluding carboxylic acids is 3. The smallest absolute Gasteiger partial charge is 0.435 e. The molecule has 2 amide bonds. The van der Waals surface area contributed by atoms with Crippen LogP contribution in [0.25, 0.3) is 28.1 Å². The predicted octanol–water partition coefficient (Wildman–Crippen LogP) is 6.44. The summed E-state index contributed by atoms with van der Waals surface area (Å²) in [5.74, 6) is 9.33. The lowest BCUT2D eigenvalue weighted by Gasteiger charge is -2.36. The molecule has 0 fully saturated rings. The molecular formula is C40H33ClFN9O4. The van der Waals surface area contributed by atoms with Gasteiger partial charge in [0.05, 0.1) is 22.4 Å². The average Bonchev–Trinajstić information content (AvgIpc) is 3.64. The summed E-state index contributed by atoms with van der Waals surface area (Å²) in [5.41, 5.74) is 4.92. The van der Waals surface area contributed by atoms with Crippen molar-refractivity contribution in [3.63, 3.8) is 0 Å². The number of rotatable bonds is 9. The van der Waals surface area contributed by atoms with Gasteiger partial charge in [0.15, 0.2) is 5.82 Å². The molecule has 0 spiro atoms. The molecule has 5 N–H and O–H groups in total. The number of carbonyl (C=O) groups is 3. The summed E-state index contributed by atoms with van der Waals surface area (Å²) >= 11 is 6.08. The number of hydrazone groups is 1. The van der Waals surface area contributed by atoms with Crippen molar-refractivity contribution in [3.05, 3.63) is 149 Å². The number of halogens is 2. The van der Waals surface area contributed by atoms with Crippen molar-refractivity contribution in [3.8, 4) is 11.1 Å². The summed E-state index contributed by atoms with van der Waals surface area (Å²) in [7, 11) is 0. The molecule has 1 aliphatic heterocycles. The fourth-order valence-electron chi connectivity index (χ4n) is 6.55.